The van der Waals surface area contributed by atoms with E-state index in [2.05, 4.69) is 0 Å². The Hall–Kier alpha value is -1.41. The number of hydrogen-bond acceptors (Lipinski definition) is 0. The largest absolute Gasteiger partial charge is 0.207 e. The summed E-state index contributed by atoms with van der Waals surface area (Å²) in [6, 6.07) is 13.6. The highest BCUT2D eigenvalue weighted by molar-refractivity contribution is 6.18. The highest BCUT2D eigenvalue weighted by Crippen LogP contribution is 2.18. The first-order chi connectivity index (χ1) is 9.17. The summed E-state index contributed by atoms with van der Waals surface area (Å²) in [5.41, 5.74) is 1.84. The Kier molecular flexibility index (Phi) is 4.92. The third-order valence-corrected chi connectivity index (χ3v) is 3.47. The first-order valence-electron chi connectivity index (χ1n) is 6.22. The van der Waals surface area contributed by atoms with E-state index in [0.29, 0.717) is 17.9 Å². The minimum atomic E-state index is -0.539. The van der Waals surface area contributed by atoms with Crippen molar-refractivity contribution in [3.05, 3.63) is 71.3 Å². The molecule has 3 heteroatoms. The van der Waals surface area contributed by atoms with Gasteiger partial charge in [-0.2, -0.15) is 0 Å². The smallest absolute Gasteiger partial charge is 0.126 e. The van der Waals surface area contributed by atoms with Crippen molar-refractivity contribution in [3.8, 4) is 0 Å². The average molecular weight is 281 g/mol. The standard InChI is InChI=1S/C16H15ClF2/c17-11-14(6-12-4-2-1-3-5-12)7-13-8-15(18)10-16(19)9-13/h1-5,8-10,14H,6-7,11H2. The number of hydrogen-bond donors (Lipinski definition) is 0. The van der Waals surface area contributed by atoms with Crippen LogP contribution in [0.2, 0.25) is 0 Å². The van der Waals surface area contributed by atoms with Crippen molar-refractivity contribution in [2.24, 2.45) is 5.92 Å². The van der Waals surface area contributed by atoms with Gasteiger partial charge in [0.2, 0.25) is 0 Å². The van der Waals surface area contributed by atoms with Gasteiger partial charge in [-0.25, -0.2) is 8.78 Å². The van der Waals surface area contributed by atoms with Gasteiger partial charge in [0.15, 0.2) is 0 Å². The van der Waals surface area contributed by atoms with E-state index >= 15 is 0 Å². The zero-order valence-corrected chi connectivity index (χ0v) is 11.2. The van der Waals surface area contributed by atoms with Crippen LogP contribution in [-0.2, 0) is 12.8 Å². The SMILES string of the molecule is Fc1cc(F)cc(CC(CCl)Cc2ccccc2)c1. The van der Waals surface area contributed by atoms with Gasteiger partial charge in [-0.3, -0.25) is 0 Å². The summed E-state index contributed by atoms with van der Waals surface area (Å²) >= 11 is 5.96. The molecule has 0 fully saturated rings. The Balaban J connectivity index is 2.06. The first kappa shape index (κ1) is 14.0. The van der Waals surface area contributed by atoms with Gasteiger partial charge in [-0.1, -0.05) is 30.3 Å². The van der Waals surface area contributed by atoms with Gasteiger partial charge < -0.3 is 0 Å². The summed E-state index contributed by atoms with van der Waals surface area (Å²) in [5, 5.41) is 0. The Morgan fingerprint density at radius 2 is 1.42 bits per heavy atom. The molecular formula is C16H15ClF2. The van der Waals surface area contributed by atoms with E-state index in [1.165, 1.54) is 17.7 Å². The summed E-state index contributed by atoms with van der Waals surface area (Å²) in [5.74, 6) is -0.441. The molecule has 0 radical (unpaired) electrons. The lowest BCUT2D eigenvalue weighted by molar-refractivity contribution is 0.557. The Bertz CT molecular complexity index is 505. The highest BCUT2D eigenvalue weighted by atomic mass is 35.5. The molecule has 0 N–H and O–H groups in total. The van der Waals surface area contributed by atoms with Crippen molar-refractivity contribution in [2.45, 2.75) is 12.8 Å². The quantitative estimate of drug-likeness (QED) is 0.702. The predicted molar refractivity (Wildman–Crippen MR) is 74.4 cm³/mol. The van der Waals surface area contributed by atoms with Crippen LogP contribution in [0.3, 0.4) is 0 Å². The van der Waals surface area contributed by atoms with Crippen LogP contribution in [0.4, 0.5) is 8.78 Å². The fraction of sp³-hybridized carbons (Fsp3) is 0.250. The van der Waals surface area contributed by atoms with E-state index in [0.717, 1.165) is 12.5 Å². The number of halogens is 3. The molecule has 1 atom stereocenters. The van der Waals surface area contributed by atoms with E-state index in [1.54, 1.807) is 0 Å². The van der Waals surface area contributed by atoms with Gasteiger partial charge in [0, 0.05) is 11.9 Å². The number of alkyl halides is 1. The molecule has 0 aromatic heterocycles. The van der Waals surface area contributed by atoms with E-state index in [1.807, 2.05) is 30.3 Å². The normalized spacial score (nSPS) is 12.4. The minimum absolute atomic E-state index is 0.172. The minimum Gasteiger partial charge on any atom is -0.207 e. The molecule has 0 aliphatic heterocycles. The van der Waals surface area contributed by atoms with E-state index in [9.17, 15) is 8.78 Å². The fourth-order valence-corrected chi connectivity index (χ4v) is 2.41. The third-order valence-electron chi connectivity index (χ3n) is 3.03. The summed E-state index contributed by atoms with van der Waals surface area (Å²) < 4.78 is 26.3. The summed E-state index contributed by atoms with van der Waals surface area (Å²) in [4.78, 5) is 0. The second-order valence-corrected chi connectivity index (χ2v) is 5.00. The van der Waals surface area contributed by atoms with Crippen molar-refractivity contribution >= 4 is 11.6 Å². The Labute approximate surface area is 117 Å². The summed E-state index contributed by atoms with van der Waals surface area (Å²) in [7, 11) is 0. The average Bonchev–Trinajstić information content (AvgIpc) is 2.38. The topological polar surface area (TPSA) is 0 Å². The van der Waals surface area contributed by atoms with Gasteiger partial charge >= 0.3 is 0 Å². The number of rotatable bonds is 5. The second kappa shape index (κ2) is 6.67. The molecule has 0 nitrogen and oxygen atoms in total. The molecule has 2 aromatic carbocycles. The maximum Gasteiger partial charge on any atom is 0.126 e. The lowest BCUT2D eigenvalue weighted by Crippen LogP contribution is -2.10. The molecule has 0 amide bonds. The zero-order valence-electron chi connectivity index (χ0n) is 10.5. The fourth-order valence-electron chi connectivity index (χ4n) is 2.19. The zero-order chi connectivity index (χ0) is 13.7. The van der Waals surface area contributed by atoms with Crippen molar-refractivity contribution in [3.63, 3.8) is 0 Å². The van der Waals surface area contributed by atoms with Crippen LogP contribution in [-0.4, -0.2) is 5.88 Å². The maximum absolute atomic E-state index is 13.1. The van der Waals surface area contributed by atoms with Gasteiger partial charge in [0.1, 0.15) is 11.6 Å². The van der Waals surface area contributed by atoms with Crippen molar-refractivity contribution in [1.29, 1.82) is 0 Å². The van der Waals surface area contributed by atoms with Crippen LogP contribution in [0, 0.1) is 17.6 Å². The van der Waals surface area contributed by atoms with E-state index in [-0.39, 0.29) is 5.92 Å². The molecule has 19 heavy (non-hydrogen) atoms. The number of benzene rings is 2. The second-order valence-electron chi connectivity index (χ2n) is 4.69. The van der Waals surface area contributed by atoms with Crippen LogP contribution >= 0.6 is 11.6 Å². The van der Waals surface area contributed by atoms with Crippen molar-refractivity contribution in [2.75, 3.05) is 5.88 Å². The van der Waals surface area contributed by atoms with Crippen LogP contribution in [0.5, 0.6) is 0 Å². The molecule has 0 saturated heterocycles. The molecule has 0 aliphatic carbocycles. The van der Waals surface area contributed by atoms with E-state index in [4.69, 9.17) is 11.6 Å². The van der Waals surface area contributed by atoms with Crippen LogP contribution in [0.25, 0.3) is 0 Å². The maximum atomic E-state index is 13.1. The molecule has 0 saturated carbocycles. The lowest BCUT2D eigenvalue weighted by atomic mass is 9.94. The molecule has 0 bridgehead atoms. The molecule has 0 heterocycles. The van der Waals surface area contributed by atoms with Gasteiger partial charge in [-0.05, 0) is 42.0 Å². The molecular weight excluding hydrogens is 266 g/mol. The monoisotopic (exact) mass is 280 g/mol. The third kappa shape index (κ3) is 4.32. The molecule has 2 rings (SSSR count). The Morgan fingerprint density at radius 3 is 2.00 bits per heavy atom. The van der Waals surface area contributed by atoms with Gasteiger partial charge in [0.05, 0.1) is 0 Å². The molecule has 0 aliphatic rings. The highest BCUT2D eigenvalue weighted by Gasteiger charge is 2.11. The van der Waals surface area contributed by atoms with E-state index < -0.39 is 11.6 Å². The van der Waals surface area contributed by atoms with Gasteiger partial charge in [0.25, 0.3) is 0 Å². The van der Waals surface area contributed by atoms with Crippen molar-refractivity contribution < 1.29 is 8.78 Å². The van der Waals surface area contributed by atoms with Crippen LogP contribution in [0.1, 0.15) is 11.1 Å². The van der Waals surface area contributed by atoms with Gasteiger partial charge in [-0.15, -0.1) is 11.6 Å². The molecule has 100 valence electrons. The van der Waals surface area contributed by atoms with Crippen LogP contribution in [0.15, 0.2) is 48.5 Å². The Morgan fingerprint density at radius 1 is 0.842 bits per heavy atom. The molecule has 1 unspecified atom stereocenters. The summed E-state index contributed by atoms with van der Waals surface area (Å²) in [6.45, 7) is 0. The first-order valence-corrected chi connectivity index (χ1v) is 6.75. The molecule has 2 aromatic rings. The van der Waals surface area contributed by atoms with Crippen molar-refractivity contribution in [1.82, 2.24) is 0 Å². The van der Waals surface area contributed by atoms with Crippen LogP contribution < -0.4 is 0 Å². The predicted octanol–water partition coefficient (Wildman–Crippen LogP) is 4.61. The summed E-state index contributed by atoms with van der Waals surface area (Å²) in [6.07, 6.45) is 1.38. The lowest BCUT2D eigenvalue weighted by Gasteiger charge is -2.14. The molecule has 0 spiro atoms.